The number of fused-ring (bicyclic) bond motifs is 16. The van der Waals surface area contributed by atoms with Crippen LogP contribution in [0.25, 0.3) is 0 Å². The number of hydrogen-bond acceptors (Lipinski definition) is 8. The molecule has 4 aromatic carbocycles. The van der Waals surface area contributed by atoms with Crippen molar-refractivity contribution in [3.63, 3.8) is 0 Å². The number of benzene rings is 4. The molecule has 8 nitrogen and oxygen atoms in total. The molecule has 0 aliphatic carbocycles. The Morgan fingerprint density at radius 1 is 0.220 bits per heavy atom. The van der Waals surface area contributed by atoms with Crippen molar-refractivity contribution in [2.75, 3.05) is 0 Å². The summed E-state index contributed by atoms with van der Waals surface area (Å²) in [6.45, 7) is 0. The van der Waals surface area contributed by atoms with Crippen molar-refractivity contribution < 1.29 is 21.1 Å². The molecule has 9 rings (SSSR count). The van der Waals surface area contributed by atoms with Crippen molar-refractivity contribution >= 4 is 46.7 Å². The monoisotopic (exact) mass is 707 g/mol. The van der Waals surface area contributed by atoms with Gasteiger partial charge in [0.2, 0.25) is 0 Å². The summed E-state index contributed by atoms with van der Waals surface area (Å²) in [5, 5.41) is 0. The summed E-state index contributed by atoms with van der Waals surface area (Å²) in [7, 11) is 0. The minimum Gasteiger partial charge on any atom is -0.208 e. The van der Waals surface area contributed by atoms with E-state index in [2.05, 4.69) is 0 Å². The van der Waals surface area contributed by atoms with Gasteiger partial charge in [-0.2, -0.15) is 0 Å². The second kappa shape index (κ2) is 8.98. The molecule has 5 heterocycles. The Morgan fingerprint density at radius 2 is 0.341 bits per heavy atom. The molecule has 8 bridgehead atoms. The van der Waals surface area contributed by atoms with Crippen molar-refractivity contribution in [3.05, 3.63) is 142 Å². The van der Waals surface area contributed by atoms with E-state index in [9.17, 15) is 0 Å². The molecule has 5 aliphatic heterocycles. The van der Waals surface area contributed by atoms with Crippen LogP contribution in [0.3, 0.4) is 0 Å². The molecule has 5 aliphatic rings. The van der Waals surface area contributed by atoms with Gasteiger partial charge in [0, 0.05) is 65.6 Å². The molecule has 41 heavy (non-hydrogen) atoms. The van der Waals surface area contributed by atoms with Gasteiger partial charge in [-0.1, -0.05) is 97.1 Å². The molecule has 0 atom stereocenters. The van der Waals surface area contributed by atoms with Gasteiger partial charge in [0.25, 0.3) is 0 Å². The third kappa shape index (κ3) is 3.57. The summed E-state index contributed by atoms with van der Waals surface area (Å²) in [6, 6.07) is 31.8. The third-order valence-electron chi connectivity index (χ3n) is 7.33. The average molecular weight is 708 g/mol. The zero-order valence-electron chi connectivity index (χ0n) is 21.1. The molecule has 4 aromatic rings. The van der Waals surface area contributed by atoms with Crippen LogP contribution in [0.1, 0.15) is 44.5 Å². The Labute approximate surface area is 248 Å². The first-order chi connectivity index (χ1) is 19.8. The van der Waals surface area contributed by atoms with Gasteiger partial charge in [-0.05, 0) is 0 Å². The topological polar surface area (TPSA) is 98.9 Å². The predicted molar refractivity (Wildman–Crippen MR) is 158 cm³/mol. The maximum atomic E-state index is 4.95. The molecule has 194 valence electrons. The van der Waals surface area contributed by atoms with Crippen LogP contribution in [-0.2, 0) is 21.1 Å². The van der Waals surface area contributed by atoms with Gasteiger partial charge in [0.15, 0.2) is 46.7 Å². The van der Waals surface area contributed by atoms with Crippen molar-refractivity contribution in [3.8, 4) is 0 Å². The van der Waals surface area contributed by atoms with Gasteiger partial charge in [-0.3, -0.25) is 0 Å². The van der Waals surface area contributed by atoms with Crippen LogP contribution in [0.2, 0.25) is 0 Å². The van der Waals surface area contributed by atoms with Gasteiger partial charge in [0.05, 0.1) is 0 Å². The smallest absolute Gasteiger partial charge is 0.164 e. The Hall–Kier alpha value is -5.07. The first-order valence-electron chi connectivity index (χ1n) is 12.9. The van der Waals surface area contributed by atoms with Gasteiger partial charge >= 0.3 is 0 Å². The summed E-state index contributed by atoms with van der Waals surface area (Å²) in [6.07, 6.45) is 0. The Kier molecular flexibility index (Phi) is 5.21. The zero-order chi connectivity index (χ0) is 26.2. The molecular weight excluding hydrogens is 691 g/mol. The summed E-state index contributed by atoms with van der Waals surface area (Å²) >= 11 is 0. The van der Waals surface area contributed by atoms with E-state index in [4.69, 9.17) is 39.9 Å². The second-order valence-electron chi connectivity index (χ2n) is 9.67. The van der Waals surface area contributed by atoms with Crippen LogP contribution < -0.4 is 0 Å². The van der Waals surface area contributed by atoms with E-state index >= 15 is 0 Å². The fourth-order valence-corrected chi connectivity index (χ4v) is 5.46. The first kappa shape index (κ1) is 23.8. The van der Waals surface area contributed by atoms with E-state index in [1.165, 1.54) is 0 Å². The van der Waals surface area contributed by atoms with Gasteiger partial charge in [-0.15, -0.1) is 0 Å². The van der Waals surface area contributed by atoms with Crippen LogP contribution in [-0.4, -0.2) is 46.7 Å². The summed E-state index contributed by atoms with van der Waals surface area (Å²) in [5.41, 5.74) is 7.15. The molecule has 0 saturated heterocycles. The van der Waals surface area contributed by atoms with Gasteiger partial charge in [0.1, 0.15) is 0 Å². The zero-order valence-corrected chi connectivity index (χ0v) is 23.4. The molecule has 0 unspecified atom stereocenters. The van der Waals surface area contributed by atoms with Crippen molar-refractivity contribution in [2.45, 2.75) is 0 Å². The van der Waals surface area contributed by atoms with Crippen LogP contribution in [0.15, 0.2) is 137 Å². The minimum atomic E-state index is 0. The van der Waals surface area contributed by atoms with Crippen LogP contribution in [0.4, 0.5) is 0 Å². The molecule has 0 fully saturated rings. The van der Waals surface area contributed by atoms with Crippen LogP contribution in [0, 0.1) is 0 Å². The van der Waals surface area contributed by atoms with Crippen molar-refractivity contribution in [1.29, 1.82) is 0 Å². The van der Waals surface area contributed by atoms with E-state index in [1.54, 1.807) is 0 Å². The van der Waals surface area contributed by atoms with Crippen LogP contribution >= 0.6 is 0 Å². The molecule has 0 spiro atoms. The summed E-state index contributed by atoms with van der Waals surface area (Å²) < 4.78 is 0. The van der Waals surface area contributed by atoms with E-state index in [-0.39, 0.29) is 21.1 Å². The number of hydrogen-bond donors (Lipinski definition) is 0. The third-order valence-corrected chi connectivity index (χ3v) is 7.33. The molecule has 9 heteroatoms. The Balaban J connectivity index is 0.00000256. The summed E-state index contributed by atoms with van der Waals surface area (Å²) in [5.74, 6) is 4.42. The average Bonchev–Trinajstić information content (AvgIpc) is 3.73. The standard InChI is InChI=1S/C32H16N8.Pt/c1-2-10-18-17(9-1)25-33-26(18)38-28-21-13-5-6-14-22(21)30(35-28)40-32-24-16-8-7-15-23(24)31(36-32)39-29-20-12-4-3-11-19(20)27(34-29)37-25;/h1-16H;. The molecule has 0 aromatic heterocycles. The number of rotatable bonds is 0. The molecule has 0 amide bonds. The molecule has 0 radical (unpaired) electrons. The Morgan fingerprint density at radius 3 is 0.463 bits per heavy atom. The SMILES string of the molecule is [Pt].c1ccc2c(c1)C1=NC2=NC2=NC(=NC3=NC(=NC4=NC(=N1)c1ccccc14)c1ccccc13)c1ccccc12. The fourth-order valence-electron chi connectivity index (χ4n) is 5.46. The maximum absolute atomic E-state index is 4.95. The minimum absolute atomic E-state index is 0. The number of amidine groups is 8. The van der Waals surface area contributed by atoms with Crippen molar-refractivity contribution in [1.82, 2.24) is 0 Å². The first-order valence-corrected chi connectivity index (χ1v) is 12.9. The van der Waals surface area contributed by atoms with E-state index in [0.717, 1.165) is 44.5 Å². The Bertz CT molecular complexity index is 1790. The quantitative estimate of drug-likeness (QED) is 0.251. The fraction of sp³-hybridized carbons (Fsp3) is 0. The second-order valence-corrected chi connectivity index (χ2v) is 9.67. The van der Waals surface area contributed by atoms with E-state index in [0.29, 0.717) is 46.7 Å². The predicted octanol–water partition coefficient (Wildman–Crippen LogP) is 4.83. The largest absolute Gasteiger partial charge is 0.208 e. The number of aliphatic imine (C=N–C) groups is 8. The van der Waals surface area contributed by atoms with E-state index in [1.807, 2.05) is 97.1 Å². The molecule has 0 N–H and O–H groups in total. The van der Waals surface area contributed by atoms with Crippen LogP contribution in [0.5, 0.6) is 0 Å². The summed E-state index contributed by atoms with van der Waals surface area (Å²) in [4.78, 5) is 39.3. The maximum Gasteiger partial charge on any atom is 0.164 e. The van der Waals surface area contributed by atoms with Gasteiger partial charge < -0.3 is 0 Å². The molecule has 0 saturated carbocycles. The normalized spacial score (nSPS) is 16.8. The van der Waals surface area contributed by atoms with Crippen molar-refractivity contribution in [2.24, 2.45) is 39.9 Å². The molecular formula is C32H16N8Pt. The van der Waals surface area contributed by atoms with E-state index < -0.39 is 0 Å². The number of nitrogens with zero attached hydrogens (tertiary/aromatic N) is 8. The van der Waals surface area contributed by atoms with Gasteiger partial charge in [-0.25, -0.2) is 39.9 Å².